The second-order valence-corrected chi connectivity index (χ2v) is 7.58. The molecule has 0 unspecified atom stereocenters. The Morgan fingerprint density at radius 1 is 1.33 bits per heavy atom. The molecule has 1 fully saturated rings. The van der Waals surface area contributed by atoms with Gasteiger partial charge in [0.1, 0.15) is 0 Å². The Bertz CT molecular complexity index is 791. The van der Waals surface area contributed by atoms with E-state index in [4.69, 9.17) is 0 Å². The molecule has 1 N–H and O–H groups in total. The first-order chi connectivity index (χ1) is 12.7. The van der Waals surface area contributed by atoms with Gasteiger partial charge in [-0.2, -0.15) is 23.4 Å². The van der Waals surface area contributed by atoms with Crippen molar-refractivity contribution in [3.8, 4) is 0 Å². The number of alkyl halides is 3. The molecule has 1 aliphatic carbocycles. The summed E-state index contributed by atoms with van der Waals surface area (Å²) in [6, 6.07) is 1.15. The first kappa shape index (κ1) is 19.9. The van der Waals surface area contributed by atoms with E-state index in [-0.39, 0.29) is 11.8 Å². The average Bonchev–Trinajstić information content (AvgIpc) is 3.26. The third kappa shape index (κ3) is 5.33. The number of aromatic nitrogens is 4. The van der Waals surface area contributed by atoms with E-state index in [1.54, 1.807) is 4.68 Å². The van der Waals surface area contributed by atoms with Crippen LogP contribution in [0.3, 0.4) is 0 Å². The molecule has 0 atom stereocenters. The SMILES string of the molecule is Cc1nn(CCC(=O)NCCCn2nc(C(F)(F)F)cc2C2CC2)cc1Br. The number of nitrogens with zero attached hydrogens (tertiary/aromatic N) is 4. The minimum atomic E-state index is -4.43. The number of carbonyl (C=O) groups excluding carboxylic acids is 1. The van der Waals surface area contributed by atoms with Gasteiger partial charge in [-0.15, -0.1) is 0 Å². The fraction of sp³-hybridized carbons (Fsp3) is 0.588. The Morgan fingerprint density at radius 3 is 2.67 bits per heavy atom. The van der Waals surface area contributed by atoms with Crippen LogP contribution in [-0.2, 0) is 24.1 Å². The van der Waals surface area contributed by atoms with Crippen LogP contribution in [-0.4, -0.2) is 32.0 Å². The maximum absolute atomic E-state index is 12.9. The quantitative estimate of drug-likeness (QED) is 0.628. The molecule has 0 aromatic carbocycles. The zero-order chi connectivity index (χ0) is 19.6. The molecule has 0 aliphatic heterocycles. The average molecular weight is 448 g/mol. The summed E-state index contributed by atoms with van der Waals surface area (Å²) < 4.78 is 42.6. The first-order valence-electron chi connectivity index (χ1n) is 8.85. The highest BCUT2D eigenvalue weighted by Crippen LogP contribution is 2.42. The van der Waals surface area contributed by atoms with Gasteiger partial charge in [-0.1, -0.05) is 0 Å². The van der Waals surface area contributed by atoms with E-state index in [0.29, 0.717) is 38.2 Å². The van der Waals surface area contributed by atoms with Gasteiger partial charge >= 0.3 is 6.18 Å². The molecule has 148 valence electrons. The Kier molecular flexibility index (Phi) is 5.92. The normalized spacial score (nSPS) is 14.6. The summed E-state index contributed by atoms with van der Waals surface area (Å²) in [6.07, 6.45) is 0.0180. The summed E-state index contributed by atoms with van der Waals surface area (Å²) in [5.41, 5.74) is 0.668. The number of carbonyl (C=O) groups is 1. The van der Waals surface area contributed by atoms with Crippen molar-refractivity contribution in [2.45, 2.75) is 57.8 Å². The third-order valence-corrected chi connectivity index (χ3v) is 5.20. The molecule has 27 heavy (non-hydrogen) atoms. The molecule has 0 saturated heterocycles. The molecular formula is C17H21BrF3N5O. The van der Waals surface area contributed by atoms with Crippen molar-refractivity contribution < 1.29 is 18.0 Å². The number of aryl methyl sites for hydroxylation is 3. The molecule has 2 aromatic rings. The number of rotatable bonds is 8. The summed E-state index contributed by atoms with van der Waals surface area (Å²) in [4.78, 5) is 11.9. The Labute approximate surface area is 163 Å². The van der Waals surface area contributed by atoms with E-state index in [2.05, 4.69) is 31.4 Å². The topological polar surface area (TPSA) is 64.7 Å². The molecule has 1 saturated carbocycles. The highest BCUT2D eigenvalue weighted by Gasteiger charge is 2.37. The maximum atomic E-state index is 12.9. The molecule has 10 heteroatoms. The van der Waals surface area contributed by atoms with Crippen molar-refractivity contribution in [3.05, 3.63) is 33.8 Å². The molecule has 2 heterocycles. The third-order valence-electron chi connectivity index (χ3n) is 4.42. The lowest BCUT2D eigenvalue weighted by Crippen LogP contribution is -2.26. The molecule has 6 nitrogen and oxygen atoms in total. The first-order valence-corrected chi connectivity index (χ1v) is 9.64. The molecule has 0 bridgehead atoms. The van der Waals surface area contributed by atoms with E-state index in [1.165, 1.54) is 4.68 Å². The number of nitrogens with one attached hydrogen (secondary N) is 1. The zero-order valence-electron chi connectivity index (χ0n) is 14.9. The van der Waals surface area contributed by atoms with Crippen molar-refractivity contribution in [2.24, 2.45) is 0 Å². The second-order valence-electron chi connectivity index (χ2n) is 6.73. The van der Waals surface area contributed by atoms with Gasteiger partial charge in [-0.3, -0.25) is 14.2 Å². The van der Waals surface area contributed by atoms with Gasteiger partial charge in [0.15, 0.2) is 5.69 Å². The number of halogens is 4. The lowest BCUT2D eigenvalue weighted by Gasteiger charge is -2.08. The van der Waals surface area contributed by atoms with E-state index in [1.807, 2.05) is 13.1 Å². The van der Waals surface area contributed by atoms with Gasteiger partial charge in [0, 0.05) is 43.9 Å². The number of amides is 1. The number of hydrogen-bond acceptors (Lipinski definition) is 3. The van der Waals surface area contributed by atoms with E-state index in [0.717, 1.165) is 29.1 Å². The van der Waals surface area contributed by atoms with Gasteiger partial charge < -0.3 is 5.32 Å². The monoisotopic (exact) mass is 447 g/mol. The Morgan fingerprint density at radius 2 is 2.07 bits per heavy atom. The largest absolute Gasteiger partial charge is 0.435 e. The van der Waals surface area contributed by atoms with Gasteiger partial charge in [0.05, 0.1) is 10.2 Å². The lowest BCUT2D eigenvalue weighted by atomic mass is 10.2. The van der Waals surface area contributed by atoms with Crippen molar-refractivity contribution in [3.63, 3.8) is 0 Å². The lowest BCUT2D eigenvalue weighted by molar-refractivity contribution is -0.141. The predicted molar refractivity (Wildman–Crippen MR) is 96.1 cm³/mol. The summed E-state index contributed by atoms with van der Waals surface area (Å²) >= 11 is 3.37. The summed E-state index contributed by atoms with van der Waals surface area (Å²) in [7, 11) is 0. The van der Waals surface area contributed by atoms with Crippen LogP contribution in [0.2, 0.25) is 0 Å². The molecule has 1 aliphatic rings. The van der Waals surface area contributed by atoms with Crippen LogP contribution in [0, 0.1) is 6.92 Å². The van der Waals surface area contributed by atoms with Crippen LogP contribution >= 0.6 is 15.9 Å². The summed E-state index contributed by atoms with van der Waals surface area (Å²) in [6.45, 7) is 3.09. The summed E-state index contributed by atoms with van der Waals surface area (Å²) in [5.74, 6) is 0.0678. The highest BCUT2D eigenvalue weighted by atomic mass is 79.9. The van der Waals surface area contributed by atoms with Gasteiger partial charge in [0.25, 0.3) is 0 Å². The van der Waals surface area contributed by atoms with Crippen molar-refractivity contribution in [1.29, 1.82) is 0 Å². The highest BCUT2D eigenvalue weighted by molar-refractivity contribution is 9.10. The van der Waals surface area contributed by atoms with E-state index < -0.39 is 11.9 Å². The minimum Gasteiger partial charge on any atom is -0.356 e. The number of hydrogen-bond donors (Lipinski definition) is 1. The molecule has 0 spiro atoms. The second kappa shape index (κ2) is 8.04. The maximum Gasteiger partial charge on any atom is 0.435 e. The smallest absolute Gasteiger partial charge is 0.356 e. The molecular weight excluding hydrogens is 427 g/mol. The minimum absolute atomic E-state index is 0.113. The summed E-state index contributed by atoms with van der Waals surface area (Å²) in [5, 5.41) is 10.8. The van der Waals surface area contributed by atoms with Crippen molar-refractivity contribution >= 4 is 21.8 Å². The van der Waals surface area contributed by atoms with Crippen LogP contribution in [0.5, 0.6) is 0 Å². The van der Waals surface area contributed by atoms with Crippen LogP contribution in [0.25, 0.3) is 0 Å². The van der Waals surface area contributed by atoms with E-state index in [9.17, 15) is 18.0 Å². The van der Waals surface area contributed by atoms with Gasteiger partial charge in [-0.05, 0) is 48.2 Å². The molecule has 1 amide bonds. The molecule has 2 aromatic heterocycles. The van der Waals surface area contributed by atoms with Gasteiger partial charge in [-0.25, -0.2) is 0 Å². The predicted octanol–water partition coefficient (Wildman–Crippen LogP) is 3.64. The van der Waals surface area contributed by atoms with Crippen LogP contribution in [0.4, 0.5) is 13.2 Å². The molecule has 0 radical (unpaired) electrons. The Hall–Kier alpha value is -1.84. The van der Waals surface area contributed by atoms with Gasteiger partial charge in [0.2, 0.25) is 5.91 Å². The Balaban J connectivity index is 1.43. The van der Waals surface area contributed by atoms with Crippen molar-refractivity contribution in [2.75, 3.05) is 6.54 Å². The molecule has 3 rings (SSSR count). The van der Waals surface area contributed by atoms with Crippen LogP contribution in [0.15, 0.2) is 16.7 Å². The standard InChI is InChI=1S/C17H21BrF3N5O/c1-11-13(18)10-25(23-11)8-5-16(27)22-6-2-7-26-14(12-3-4-12)9-15(24-26)17(19,20)21/h9-10,12H,2-8H2,1H3,(H,22,27). The van der Waals surface area contributed by atoms with Crippen LogP contribution < -0.4 is 5.32 Å². The van der Waals surface area contributed by atoms with Crippen molar-refractivity contribution in [1.82, 2.24) is 24.9 Å². The van der Waals surface area contributed by atoms with E-state index >= 15 is 0 Å². The fourth-order valence-corrected chi connectivity index (χ4v) is 3.14. The van der Waals surface area contributed by atoms with Crippen LogP contribution in [0.1, 0.15) is 48.7 Å². The fourth-order valence-electron chi connectivity index (χ4n) is 2.83. The zero-order valence-corrected chi connectivity index (χ0v) is 16.5.